The van der Waals surface area contributed by atoms with Gasteiger partial charge in [-0.3, -0.25) is 4.90 Å². The zero-order valence-electron chi connectivity index (χ0n) is 14.4. The average molecular weight is 314 g/mol. The molecule has 0 aromatic heterocycles. The molecule has 0 radical (unpaired) electrons. The van der Waals surface area contributed by atoms with E-state index in [1.54, 1.807) is 0 Å². The van der Waals surface area contributed by atoms with Crippen LogP contribution in [0.5, 0.6) is 0 Å². The van der Waals surface area contributed by atoms with Crippen molar-refractivity contribution in [3.8, 4) is 0 Å². The standard InChI is InChI=1S/C16H34N4O2/c1-3-19-5-7-20(8-6-19)9-11-22-13-12-21-10-4-18-16(2)14-17-15-16/h17-18H,3-15H2,1-2H3. The molecule has 2 heterocycles. The predicted octanol–water partition coefficient (Wildman–Crippen LogP) is -0.391. The Balaban J connectivity index is 1.33. The molecule has 0 aliphatic carbocycles. The maximum Gasteiger partial charge on any atom is 0.0701 e. The van der Waals surface area contributed by atoms with Gasteiger partial charge in [-0.25, -0.2) is 0 Å². The lowest BCUT2D eigenvalue weighted by Gasteiger charge is -2.40. The summed E-state index contributed by atoms with van der Waals surface area (Å²) in [6, 6.07) is 0. The third kappa shape index (κ3) is 6.48. The molecule has 130 valence electrons. The van der Waals surface area contributed by atoms with Gasteiger partial charge in [-0.15, -0.1) is 0 Å². The van der Waals surface area contributed by atoms with E-state index in [1.165, 1.54) is 32.7 Å². The first kappa shape index (κ1) is 18.1. The van der Waals surface area contributed by atoms with Crippen molar-refractivity contribution in [1.29, 1.82) is 0 Å². The van der Waals surface area contributed by atoms with Crippen molar-refractivity contribution in [1.82, 2.24) is 20.4 Å². The molecule has 2 aliphatic heterocycles. The van der Waals surface area contributed by atoms with Crippen LogP contribution in [0, 0.1) is 0 Å². The van der Waals surface area contributed by atoms with Crippen LogP contribution in [0.3, 0.4) is 0 Å². The van der Waals surface area contributed by atoms with Gasteiger partial charge in [-0.2, -0.15) is 0 Å². The van der Waals surface area contributed by atoms with Crippen LogP contribution < -0.4 is 10.6 Å². The maximum atomic E-state index is 5.66. The molecule has 0 saturated carbocycles. The molecule has 0 unspecified atom stereocenters. The minimum atomic E-state index is 0.279. The second-order valence-corrected chi connectivity index (χ2v) is 6.59. The van der Waals surface area contributed by atoms with Crippen LogP contribution >= 0.6 is 0 Å². The quantitative estimate of drug-likeness (QED) is 0.507. The normalized spacial score (nSPS) is 22.6. The fourth-order valence-corrected chi connectivity index (χ4v) is 2.89. The van der Waals surface area contributed by atoms with E-state index in [0.29, 0.717) is 13.2 Å². The van der Waals surface area contributed by atoms with Crippen molar-refractivity contribution in [3.63, 3.8) is 0 Å². The molecular weight excluding hydrogens is 280 g/mol. The number of ether oxygens (including phenoxy) is 2. The summed E-state index contributed by atoms with van der Waals surface area (Å²) in [4.78, 5) is 4.99. The number of hydrogen-bond acceptors (Lipinski definition) is 6. The largest absolute Gasteiger partial charge is 0.378 e. The van der Waals surface area contributed by atoms with Gasteiger partial charge >= 0.3 is 0 Å². The number of likely N-dealkylation sites (N-methyl/N-ethyl adjacent to an activating group) is 1. The lowest BCUT2D eigenvalue weighted by molar-refractivity contribution is 0.0309. The van der Waals surface area contributed by atoms with Gasteiger partial charge in [0.1, 0.15) is 0 Å². The molecule has 0 atom stereocenters. The molecule has 6 heteroatoms. The molecule has 0 amide bonds. The van der Waals surface area contributed by atoms with Crippen molar-refractivity contribution in [3.05, 3.63) is 0 Å². The highest BCUT2D eigenvalue weighted by atomic mass is 16.5. The van der Waals surface area contributed by atoms with Crippen LogP contribution in [0.25, 0.3) is 0 Å². The molecule has 2 saturated heterocycles. The highest BCUT2D eigenvalue weighted by Gasteiger charge is 2.30. The minimum absolute atomic E-state index is 0.279. The average Bonchev–Trinajstić information content (AvgIpc) is 2.52. The molecule has 2 N–H and O–H groups in total. The van der Waals surface area contributed by atoms with Crippen molar-refractivity contribution < 1.29 is 9.47 Å². The number of nitrogens with zero attached hydrogens (tertiary/aromatic N) is 2. The van der Waals surface area contributed by atoms with E-state index in [4.69, 9.17) is 9.47 Å². The Labute approximate surface area is 135 Å². The summed E-state index contributed by atoms with van der Waals surface area (Å²) in [6.45, 7) is 17.4. The Morgan fingerprint density at radius 3 is 2.18 bits per heavy atom. The van der Waals surface area contributed by atoms with E-state index in [-0.39, 0.29) is 5.54 Å². The molecule has 2 aliphatic rings. The zero-order chi connectivity index (χ0) is 15.7. The van der Waals surface area contributed by atoms with E-state index in [0.717, 1.165) is 39.4 Å². The Bertz CT molecular complexity index is 292. The third-order valence-electron chi connectivity index (χ3n) is 4.66. The summed E-state index contributed by atoms with van der Waals surface area (Å²) in [7, 11) is 0. The van der Waals surface area contributed by atoms with Crippen LogP contribution in [-0.2, 0) is 9.47 Å². The summed E-state index contributed by atoms with van der Waals surface area (Å²) >= 11 is 0. The van der Waals surface area contributed by atoms with Crippen LogP contribution in [0.2, 0.25) is 0 Å². The lowest BCUT2D eigenvalue weighted by atomic mass is 9.95. The van der Waals surface area contributed by atoms with Gasteiger partial charge in [0.05, 0.1) is 26.4 Å². The fraction of sp³-hybridized carbons (Fsp3) is 1.00. The van der Waals surface area contributed by atoms with Gasteiger partial charge in [-0.1, -0.05) is 6.92 Å². The topological polar surface area (TPSA) is 49.0 Å². The van der Waals surface area contributed by atoms with Gasteiger partial charge in [0.25, 0.3) is 0 Å². The predicted molar refractivity (Wildman–Crippen MR) is 89.5 cm³/mol. The maximum absolute atomic E-state index is 5.66. The first-order valence-corrected chi connectivity index (χ1v) is 8.78. The smallest absolute Gasteiger partial charge is 0.0701 e. The number of hydrogen-bond donors (Lipinski definition) is 2. The summed E-state index contributed by atoms with van der Waals surface area (Å²) in [6.07, 6.45) is 0. The number of nitrogens with one attached hydrogen (secondary N) is 2. The third-order valence-corrected chi connectivity index (χ3v) is 4.66. The second kappa shape index (κ2) is 9.80. The fourth-order valence-electron chi connectivity index (χ4n) is 2.89. The highest BCUT2D eigenvalue weighted by molar-refractivity contribution is 4.95. The summed E-state index contributed by atoms with van der Waals surface area (Å²) in [5.74, 6) is 0. The van der Waals surface area contributed by atoms with Gasteiger partial charge in [0, 0.05) is 57.9 Å². The van der Waals surface area contributed by atoms with Gasteiger partial charge in [0.2, 0.25) is 0 Å². The zero-order valence-corrected chi connectivity index (χ0v) is 14.4. The SMILES string of the molecule is CCN1CCN(CCOCCOCCNC2(C)CNC2)CC1. The number of piperazine rings is 1. The Morgan fingerprint density at radius 2 is 1.59 bits per heavy atom. The van der Waals surface area contributed by atoms with Crippen molar-refractivity contribution >= 4 is 0 Å². The number of rotatable bonds is 11. The molecule has 2 fully saturated rings. The van der Waals surface area contributed by atoms with Crippen molar-refractivity contribution in [2.24, 2.45) is 0 Å². The Kier molecular flexibility index (Phi) is 8.06. The summed E-state index contributed by atoms with van der Waals surface area (Å²) < 4.78 is 11.2. The molecule has 0 spiro atoms. The molecule has 0 aromatic carbocycles. The van der Waals surface area contributed by atoms with Crippen molar-refractivity contribution in [2.45, 2.75) is 19.4 Å². The van der Waals surface area contributed by atoms with Crippen LogP contribution in [-0.4, -0.2) is 101 Å². The lowest BCUT2D eigenvalue weighted by Crippen LogP contribution is -2.66. The molecular formula is C16H34N4O2. The van der Waals surface area contributed by atoms with E-state index in [9.17, 15) is 0 Å². The molecule has 6 nitrogen and oxygen atoms in total. The molecule has 2 rings (SSSR count). The van der Waals surface area contributed by atoms with Crippen LogP contribution in [0.4, 0.5) is 0 Å². The second-order valence-electron chi connectivity index (χ2n) is 6.59. The Morgan fingerprint density at radius 1 is 0.955 bits per heavy atom. The molecule has 0 aromatic rings. The first-order valence-electron chi connectivity index (χ1n) is 8.78. The molecule has 22 heavy (non-hydrogen) atoms. The van der Waals surface area contributed by atoms with E-state index >= 15 is 0 Å². The van der Waals surface area contributed by atoms with E-state index in [1.807, 2.05) is 0 Å². The van der Waals surface area contributed by atoms with Gasteiger partial charge in [-0.05, 0) is 13.5 Å². The van der Waals surface area contributed by atoms with Gasteiger partial charge in [0.15, 0.2) is 0 Å². The summed E-state index contributed by atoms with van der Waals surface area (Å²) in [5, 5.41) is 6.79. The summed E-state index contributed by atoms with van der Waals surface area (Å²) in [5.41, 5.74) is 0.279. The monoisotopic (exact) mass is 314 g/mol. The van der Waals surface area contributed by atoms with Crippen molar-refractivity contribution in [2.75, 3.05) is 85.3 Å². The molecule has 0 bridgehead atoms. The minimum Gasteiger partial charge on any atom is -0.378 e. The van der Waals surface area contributed by atoms with Crippen LogP contribution in [0.1, 0.15) is 13.8 Å². The van der Waals surface area contributed by atoms with E-state index in [2.05, 4.69) is 34.3 Å². The highest BCUT2D eigenvalue weighted by Crippen LogP contribution is 2.07. The van der Waals surface area contributed by atoms with Gasteiger partial charge < -0.3 is 25.0 Å². The van der Waals surface area contributed by atoms with Crippen LogP contribution in [0.15, 0.2) is 0 Å². The van der Waals surface area contributed by atoms with E-state index < -0.39 is 0 Å². The first-order chi connectivity index (χ1) is 10.7. The Hall–Kier alpha value is -0.240.